The minimum Gasteiger partial charge on any atom is -0.383 e. The van der Waals surface area contributed by atoms with E-state index < -0.39 is 0 Å². The van der Waals surface area contributed by atoms with Crippen LogP contribution in [0, 0.1) is 0 Å². The van der Waals surface area contributed by atoms with Crippen molar-refractivity contribution < 1.29 is 9.53 Å². The van der Waals surface area contributed by atoms with Crippen LogP contribution >= 0.6 is 23.1 Å². The van der Waals surface area contributed by atoms with Crippen molar-refractivity contribution >= 4 is 34.1 Å². The molecule has 2 rings (SSSR count). The molecule has 2 aromatic rings. The van der Waals surface area contributed by atoms with Crippen molar-refractivity contribution in [2.24, 2.45) is 0 Å². The Labute approximate surface area is 144 Å². The van der Waals surface area contributed by atoms with E-state index in [9.17, 15) is 4.79 Å². The molecule has 0 saturated heterocycles. The van der Waals surface area contributed by atoms with Crippen molar-refractivity contribution in [1.29, 1.82) is 0 Å². The number of hydrogen-bond acceptors (Lipinski definition) is 7. The predicted octanol–water partition coefficient (Wildman–Crippen LogP) is 2.35. The number of hydrogen-bond donors (Lipinski definition) is 1. The maximum atomic E-state index is 12.2. The van der Waals surface area contributed by atoms with E-state index in [1.165, 1.54) is 23.1 Å². The molecule has 0 saturated carbocycles. The Morgan fingerprint density at radius 3 is 2.87 bits per heavy atom. The van der Waals surface area contributed by atoms with Gasteiger partial charge in [-0.15, -0.1) is 10.2 Å². The first-order valence-electron chi connectivity index (χ1n) is 7.16. The molecule has 8 heteroatoms. The number of carbonyl (C=O) groups is 1. The second-order valence-electron chi connectivity index (χ2n) is 4.82. The van der Waals surface area contributed by atoms with Crippen LogP contribution < -0.4 is 5.32 Å². The van der Waals surface area contributed by atoms with Gasteiger partial charge in [0.05, 0.1) is 12.4 Å². The Bertz CT molecular complexity index is 607. The number of amides is 1. The minimum absolute atomic E-state index is 0.0722. The molecule has 6 nitrogen and oxygen atoms in total. The number of anilines is 1. The van der Waals surface area contributed by atoms with Gasteiger partial charge in [0, 0.05) is 27.2 Å². The molecule has 0 unspecified atom stereocenters. The van der Waals surface area contributed by atoms with Gasteiger partial charge < -0.3 is 15.0 Å². The highest BCUT2D eigenvalue weighted by Gasteiger charge is 2.12. The van der Waals surface area contributed by atoms with Gasteiger partial charge in [0.25, 0.3) is 0 Å². The first-order valence-corrected chi connectivity index (χ1v) is 8.96. The van der Waals surface area contributed by atoms with Crippen LogP contribution in [0.5, 0.6) is 0 Å². The number of ether oxygens (including phenoxy) is 1. The van der Waals surface area contributed by atoms with Crippen molar-refractivity contribution in [2.75, 3.05) is 38.4 Å². The number of aromatic nitrogens is 2. The zero-order valence-corrected chi connectivity index (χ0v) is 14.8. The van der Waals surface area contributed by atoms with Gasteiger partial charge in [-0.2, -0.15) is 0 Å². The van der Waals surface area contributed by atoms with E-state index in [-0.39, 0.29) is 5.91 Å². The van der Waals surface area contributed by atoms with Gasteiger partial charge in [0.2, 0.25) is 11.0 Å². The number of thioether (sulfide) groups is 1. The zero-order chi connectivity index (χ0) is 16.5. The number of methoxy groups -OCH3 is 1. The Kier molecular flexibility index (Phi) is 7.31. The maximum Gasteiger partial charge on any atom is 0.233 e. The van der Waals surface area contributed by atoms with E-state index in [1.54, 1.807) is 12.0 Å². The highest BCUT2D eigenvalue weighted by Crippen LogP contribution is 2.25. The van der Waals surface area contributed by atoms with Gasteiger partial charge in [0.15, 0.2) is 4.34 Å². The largest absolute Gasteiger partial charge is 0.383 e. The fourth-order valence-electron chi connectivity index (χ4n) is 1.78. The molecule has 0 fully saturated rings. The maximum absolute atomic E-state index is 12.2. The summed E-state index contributed by atoms with van der Waals surface area (Å²) in [5.74, 6) is 0.429. The summed E-state index contributed by atoms with van der Waals surface area (Å²) < 4.78 is 5.75. The quantitative estimate of drug-likeness (QED) is 0.552. The van der Waals surface area contributed by atoms with Crippen LogP contribution in [0.3, 0.4) is 0 Å². The molecule has 1 N–H and O–H groups in total. The van der Waals surface area contributed by atoms with Crippen LogP contribution in [0.15, 0.2) is 34.7 Å². The Morgan fingerprint density at radius 2 is 2.13 bits per heavy atom. The molecule has 1 amide bonds. The van der Waals surface area contributed by atoms with E-state index >= 15 is 0 Å². The average molecular weight is 352 g/mol. The normalized spacial score (nSPS) is 10.5. The van der Waals surface area contributed by atoms with Crippen LogP contribution in [0.4, 0.5) is 5.13 Å². The summed E-state index contributed by atoms with van der Waals surface area (Å²) in [6.07, 6.45) is 0. The molecule has 124 valence electrons. The van der Waals surface area contributed by atoms with Crippen LogP contribution in [-0.4, -0.2) is 54.1 Å². The first-order chi connectivity index (χ1) is 11.2. The molecule has 1 heterocycles. The van der Waals surface area contributed by atoms with Gasteiger partial charge in [0.1, 0.15) is 0 Å². The molecule has 0 aliphatic carbocycles. The van der Waals surface area contributed by atoms with Crippen molar-refractivity contribution in [2.45, 2.75) is 10.9 Å². The van der Waals surface area contributed by atoms with Crippen molar-refractivity contribution in [3.05, 3.63) is 35.9 Å². The summed E-state index contributed by atoms with van der Waals surface area (Å²) in [6, 6.07) is 9.94. The number of nitrogens with one attached hydrogen (secondary N) is 1. The molecule has 0 spiro atoms. The SMILES string of the molecule is COCCNc1nnc(SCC(=O)N(C)Cc2ccccc2)s1. The first kappa shape index (κ1) is 17.7. The number of rotatable bonds is 9. The summed E-state index contributed by atoms with van der Waals surface area (Å²) in [6.45, 7) is 1.92. The second kappa shape index (κ2) is 9.49. The van der Waals surface area contributed by atoms with Crippen molar-refractivity contribution in [1.82, 2.24) is 15.1 Å². The number of benzene rings is 1. The van der Waals surface area contributed by atoms with Crippen LogP contribution in [0.25, 0.3) is 0 Å². The van der Waals surface area contributed by atoms with Crippen molar-refractivity contribution in [3.63, 3.8) is 0 Å². The Balaban J connectivity index is 1.75. The topological polar surface area (TPSA) is 67.3 Å². The fourth-order valence-corrected chi connectivity index (χ4v) is 3.50. The van der Waals surface area contributed by atoms with Gasteiger partial charge in [-0.3, -0.25) is 4.79 Å². The molecule has 0 atom stereocenters. The van der Waals surface area contributed by atoms with E-state index in [4.69, 9.17) is 4.74 Å². The van der Waals surface area contributed by atoms with Gasteiger partial charge in [-0.05, 0) is 5.56 Å². The average Bonchev–Trinajstić information content (AvgIpc) is 3.01. The fraction of sp³-hybridized carbons (Fsp3) is 0.400. The van der Waals surface area contributed by atoms with Crippen LogP contribution in [0.1, 0.15) is 5.56 Å². The third-order valence-electron chi connectivity index (χ3n) is 3.00. The zero-order valence-electron chi connectivity index (χ0n) is 13.2. The molecule has 0 radical (unpaired) electrons. The van der Waals surface area contributed by atoms with Crippen molar-refractivity contribution in [3.8, 4) is 0 Å². The van der Waals surface area contributed by atoms with Gasteiger partial charge in [-0.25, -0.2) is 0 Å². The van der Waals surface area contributed by atoms with E-state index in [0.717, 1.165) is 15.0 Å². The van der Waals surface area contributed by atoms with Crippen LogP contribution in [-0.2, 0) is 16.1 Å². The molecular weight excluding hydrogens is 332 g/mol. The second-order valence-corrected chi connectivity index (χ2v) is 7.02. The third kappa shape index (κ3) is 6.17. The highest BCUT2D eigenvalue weighted by molar-refractivity contribution is 8.01. The lowest BCUT2D eigenvalue weighted by molar-refractivity contribution is -0.127. The van der Waals surface area contributed by atoms with E-state index in [1.807, 2.05) is 37.4 Å². The summed E-state index contributed by atoms with van der Waals surface area (Å²) in [5, 5.41) is 12.0. The van der Waals surface area contributed by atoms with E-state index in [0.29, 0.717) is 25.4 Å². The molecule has 0 aliphatic rings. The lowest BCUT2D eigenvalue weighted by Crippen LogP contribution is -2.27. The van der Waals surface area contributed by atoms with Gasteiger partial charge in [-0.1, -0.05) is 53.4 Å². The predicted molar refractivity (Wildman–Crippen MR) is 93.9 cm³/mol. The third-order valence-corrected chi connectivity index (χ3v) is 5.00. The van der Waals surface area contributed by atoms with Crippen LogP contribution in [0.2, 0.25) is 0 Å². The monoisotopic (exact) mass is 352 g/mol. The molecular formula is C15H20N4O2S2. The standard InChI is InChI=1S/C15H20N4O2S2/c1-19(10-12-6-4-3-5-7-12)13(20)11-22-15-18-17-14(23-15)16-8-9-21-2/h3-7H,8-11H2,1-2H3,(H,16,17). The van der Waals surface area contributed by atoms with Gasteiger partial charge >= 0.3 is 0 Å². The molecule has 1 aromatic carbocycles. The highest BCUT2D eigenvalue weighted by atomic mass is 32.2. The summed E-state index contributed by atoms with van der Waals surface area (Å²) in [7, 11) is 3.47. The Morgan fingerprint density at radius 1 is 1.35 bits per heavy atom. The molecule has 0 aliphatic heterocycles. The molecule has 23 heavy (non-hydrogen) atoms. The molecule has 0 bridgehead atoms. The molecule has 1 aromatic heterocycles. The lowest BCUT2D eigenvalue weighted by atomic mass is 10.2. The van der Waals surface area contributed by atoms with E-state index in [2.05, 4.69) is 15.5 Å². The number of carbonyl (C=O) groups excluding carboxylic acids is 1. The smallest absolute Gasteiger partial charge is 0.233 e. The number of nitrogens with zero attached hydrogens (tertiary/aromatic N) is 3. The Hall–Kier alpha value is -1.64. The summed E-state index contributed by atoms with van der Waals surface area (Å²) in [5.41, 5.74) is 1.12. The summed E-state index contributed by atoms with van der Waals surface area (Å²) >= 11 is 2.85. The summed E-state index contributed by atoms with van der Waals surface area (Å²) in [4.78, 5) is 13.9. The minimum atomic E-state index is 0.0722. The lowest BCUT2D eigenvalue weighted by Gasteiger charge is -2.16.